The Bertz CT molecular complexity index is 4310. The number of carbonyl (C=O) groups is 7. The lowest BCUT2D eigenvalue weighted by atomic mass is 9.37. The molecule has 1 spiro atoms. The molecule has 3 amide bonds. The molecule has 30 nitrogen and oxygen atoms in total. The number of hydrogen-bond acceptors (Lipinski definition) is 28. The maximum atomic E-state index is 14.2. The lowest BCUT2D eigenvalue weighted by Crippen LogP contribution is -2.79. The highest BCUT2D eigenvalue weighted by atomic mass is 35.5. The Hall–Kier alpha value is -9.00. The number of para-hydroxylation sites is 1. The summed E-state index contributed by atoms with van der Waals surface area (Å²) < 4.78 is 133. The number of methoxy groups -OCH3 is 4. The summed E-state index contributed by atoms with van der Waals surface area (Å²) in [6, 6.07) is 25.0. The van der Waals surface area contributed by atoms with E-state index >= 15 is 0 Å². The van der Waals surface area contributed by atoms with Crippen molar-refractivity contribution in [3.63, 3.8) is 0 Å². The lowest BCUT2D eigenvalue weighted by Gasteiger charge is -2.65. The Kier molecular flexibility index (Phi) is 20.8. The van der Waals surface area contributed by atoms with Gasteiger partial charge in [0.05, 0.1) is 78.5 Å². The molecule has 109 heavy (non-hydrogen) atoms. The molecule has 0 radical (unpaired) electrons. The van der Waals surface area contributed by atoms with E-state index in [1.165, 1.54) is 26.4 Å². The Morgan fingerprint density at radius 3 is 2.11 bits per heavy atom. The minimum Gasteiger partial charge on any atom is -0.491 e. The first-order valence-corrected chi connectivity index (χ1v) is 35.3. The zero-order valence-electron chi connectivity index (χ0n) is 60.7. The maximum Gasteiger partial charge on any atom is 0.573 e. The second-order valence-corrected chi connectivity index (χ2v) is 28.9. The number of amides is 3. The Morgan fingerprint density at radius 2 is 1.47 bits per heavy atom. The first kappa shape index (κ1) is 78.1. The number of hydrazone groups is 1. The van der Waals surface area contributed by atoms with Gasteiger partial charge in [0.1, 0.15) is 77.0 Å². The predicted molar refractivity (Wildman–Crippen MR) is 365 cm³/mol. The normalized spacial score (nSPS) is 35.5. The average molecular weight is 1550 g/mol. The third kappa shape index (κ3) is 12.6. The Morgan fingerprint density at radius 1 is 0.789 bits per heavy atom. The van der Waals surface area contributed by atoms with Crippen LogP contribution >= 0.6 is 11.6 Å². The van der Waals surface area contributed by atoms with E-state index < -0.39 is 173 Å². The number of benzene rings is 4. The zero-order valence-corrected chi connectivity index (χ0v) is 61.4. The molecule has 3 N–H and O–H groups in total. The number of anilines is 1. The fraction of sp³-hybridized carbons (Fsp3) is 0.520. The number of aliphatic hydroxyl groups is 3. The fourth-order valence-electron chi connectivity index (χ4n) is 18.3. The summed E-state index contributed by atoms with van der Waals surface area (Å²) in [6.45, 7) is 9.46. The van der Waals surface area contributed by atoms with Gasteiger partial charge in [-0.15, -0.1) is 13.2 Å². The van der Waals surface area contributed by atoms with Crippen molar-refractivity contribution >= 4 is 65.0 Å². The smallest absolute Gasteiger partial charge is 0.491 e. The number of esters is 5. The molecule has 4 aliphatic carbocycles. The molecule has 2 bridgehead atoms. The van der Waals surface area contributed by atoms with Crippen molar-refractivity contribution < 1.29 is 143 Å². The molecule has 2 unspecified atom stereocenters. The monoisotopic (exact) mass is 1550 g/mol. The van der Waals surface area contributed by atoms with Crippen molar-refractivity contribution in [3.8, 4) is 23.0 Å². The van der Waals surface area contributed by atoms with Crippen molar-refractivity contribution in [2.24, 2.45) is 39.1 Å². The van der Waals surface area contributed by atoms with Gasteiger partial charge in [0.2, 0.25) is 11.9 Å². The van der Waals surface area contributed by atoms with E-state index in [1.54, 1.807) is 52.0 Å². The van der Waals surface area contributed by atoms with Gasteiger partial charge in [-0.3, -0.25) is 9.59 Å². The highest BCUT2D eigenvalue weighted by Crippen LogP contribution is 2.83. The minimum atomic E-state index is -4.92. The summed E-state index contributed by atoms with van der Waals surface area (Å²) in [5, 5.41) is 42.9. The van der Waals surface area contributed by atoms with Gasteiger partial charge in [-0.05, 0) is 118 Å². The van der Waals surface area contributed by atoms with Gasteiger partial charge >= 0.3 is 48.3 Å². The summed E-state index contributed by atoms with van der Waals surface area (Å²) in [5.41, 5.74) is -10.1. The van der Waals surface area contributed by atoms with Crippen molar-refractivity contribution in [3.05, 3.63) is 137 Å². The summed E-state index contributed by atoms with van der Waals surface area (Å²) in [7, 11) is 4.42. The van der Waals surface area contributed by atoms with E-state index in [9.17, 15) is 62.1 Å². The van der Waals surface area contributed by atoms with Crippen LogP contribution in [0.1, 0.15) is 71.9 Å². The van der Waals surface area contributed by atoms with Gasteiger partial charge in [0.25, 0.3) is 5.79 Å². The standard InChI is InChI=1S/C35H44O16.C22H17ClF3N3O7.C18H20O4/c1-8-15(2)24(38)49-18-12-19(48-16(3)36)32(26(39)43-6)13-46-21-22(32)31(18)14-47-34(42,27(40)44-7)25(31)29(4,23(21)37)35-20-11-17(30(35,5)51-35)33(41)9-10-45-28(33)50-20;1-33-18(30)21-10-12-9-13(23)3-8-16(12)17(21)27-28(11-35-21)19(31)29(20(32)34-2)14-4-6-15(7-5-14)36-22(24,25)26;1-2-18-20-13-17(22-18)12-19-14-8-10-16(11-9-14)21-15-6-4-3-5-7-15/h8-10,17-23,25,28,37,41-42H,11-14H2,1-7H3;3-9H,10-11H2,1-2H3;3-11,17-18H,2,12-13H2,1H3/b15-8+;;/t17-,18+,19-,20+,21-,22-,23-,25+,28+,29-,30+,31+,32+,33+,34+,35+;21-;/m10./s1. The van der Waals surface area contributed by atoms with E-state index in [-0.39, 0.29) is 48.6 Å². The van der Waals surface area contributed by atoms with Crippen LogP contribution in [0.4, 0.5) is 28.4 Å². The van der Waals surface area contributed by atoms with Gasteiger partial charge in [0, 0.05) is 64.5 Å². The summed E-state index contributed by atoms with van der Waals surface area (Å²) in [4.78, 5) is 93.4. The average Bonchev–Trinajstić information content (AvgIpc) is 1.43. The minimum absolute atomic E-state index is 0.00481. The summed E-state index contributed by atoms with van der Waals surface area (Å²) in [5.74, 6) is -8.67. The van der Waals surface area contributed by atoms with Gasteiger partial charge in [-0.25, -0.2) is 24.0 Å². The van der Waals surface area contributed by atoms with Gasteiger partial charge in [-0.2, -0.15) is 15.0 Å². The molecule has 5 saturated heterocycles. The molecule has 8 fully saturated rings. The van der Waals surface area contributed by atoms with E-state index in [1.807, 2.05) is 61.5 Å². The van der Waals surface area contributed by atoms with Crippen molar-refractivity contribution in [1.29, 1.82) is 0 Å². The summed E-state index contributed by atoms with van der Waals surface area (Å²) >= 11 is 6.07. The highest BCUT2D eigenvalue weighted by molar-refractivity contribution is 6.31. The van der Waals surface area contributed by atoms with Gasteiger partial charge in [-0.1, -0.05) is 55.8 Å². The second-order valence-electron chi connectivity index (χ2n) is 28.4. The zero-order chi connectivity index (χ0) is 78.3. The van der Waals surface area contributed by atoms with Crippen LogP contribution in [0.25, 0.3) is 0 Å². The first-order valence-electron chi connectivity index (χ1n) is 34.9. The van der Waals surface area contributed by atoms with Crippen LogP contribution < -0.4 is 19.1 Å². The number of fused-ring (bicyclic) bond motifs is 10. The molecule has 34 heteroatoms. The SMILES string of the molecule is C/C=C(\C)C(=O)O[C@H]1C[C@@H](OC(C)=O)[C@@]2(C(=O)OC)CO[C@H]3[C@@H](O)[C@@](C)([C@]45O[C@@]4(C)[C@H]4C[C@@H]5O[C@@H]5OC=C[C@@]54O)[C@H]4[C@]1(CO[C@]4(O)C(=O)OC)[C@@H]32.CCC1OCC(COc2ccc(Oc3ccccc3)cc2)O1.COC(=O)N(C(=O)N1CO[C@@]2(C(=O)OC)Cc3cc(Cl)ccc3C2=N1)c1ccc(OC(F)(F)F)cc1. The second kappa shape index (κ2) is 29.0. The van der Waals surface area contributed by atoms with E-state index in [0.717, 1.165) is 74.3 Å². The van der Waals surface area contributed by atoms with Crippen molar-refractivity contribution in [2.75, 3.05) is 66.5 Å². The molecule has 3 saturated carbocycles. The molecular formula is C75H81ClF3N3O27. The number of rotatable bonds is 15. The fourth-order valence-corrected chi connectivity index (χ4v) is 18.5. The molecular weight excluding hydrogens is 1470 g/mol. The summed E-state index contributed by atoms with van der Waals surface area (Å²) in [6.07, 6.45) is -8.34. The number of nitrogens with zero attached hydrogens (tertiary/aromatic N) is 3. The van der Waals surface area contributed by atoms with E-state index in [0.29, 0.717) is 34.3 Å². The van der Waals surface area contributed by atoms with Gasteiger partial charge < -0.3 is 95.8 Å². The van der Waals surface area contributed by atoms with Crippen molar-refractivity contribution in [1.82, 2.24) is 5.01 Å². The largest absolute Gasteiger partial charge is 0.573 e. The Labute approximate surface area is 626 Å². The molecule has 11 aliphatic rings. The number of imide groups is 1. The van der Waals surface area contributed by atoms with Crippen LogP contribution in [0.5, 0.6) is 23.0 Å². The number of alkyl halides is 3. The van der Waals surface area contributed by atoms with Crippen molar-refractivity contribution in [2.45, 2.75) is 151 Å². The van der Waals surface area contributed by atoms with Crippen LogP contribution in [0.2, 0.25) is 5.02 Å². The first-order chi connectivity index (χ1) is 51.8. The number of ether oxygens (including phenoxy) is 17. The number of halogens is 4. The number of urea groups is 1. The predicted octanol–water partition coefficient (Wildman–Crippen LogP) is 7.90. The maximum absolute atomic E-state index is 14.2. The van der Waals surface area contributed by atoms with Crippen LogP contribution in [-0.2, 0) is 96.7 Å². The van der Waals surface area contributed by atoms with Gasteiger partial charge in [0.15, 0.2) is 11.9 Å². The number of allylic oxidation sites excluding steroid dienone is 1. The van der Waals surface area contributed by atoms with E-state index in [4.69, 9.17) is 82.7 Å². The van der Waals surface area contributed by atoms with E-state index in [2.05, 4.69) is 14.6 Å². The van der Waals surface area contributed by atoms with Crippen LogP contribution in [0, 0.1) is 34.0 Å². The molecule has 586 valence electrons. The third-order valence-electron chi connectivity index (χ3n) is 22.9. The van der Waals surface area contributed by atoms with Crippen LogP contribution in [-0.4, -0.2) is 213 Å². The Balaban J connectivity index is 0.000000156. The molecule has 7 aliphatic heterocycles. The molecule has 4 aromatic carbocycles. The van der Waals surface area contributed by atoms with Crippen LogP contribution in [0.3, 0.4) is 0 Å². The lowest BCUT2D eigenvalue weighted by molar-refractivity contribution is -0.314. The third-order valence-corrected chi connectivity index (χ3v) is 23.2. The number of epoxide rings is 1. The molecule has 19 atom stereocenters. The van der Waals surface area contributed by atoms with Crippen LogP contribution in [0.15, 0.2) is 126 Å². The molecule has 4 aromatic rings. The highest BCUT2D eigenvalue weighted by Gasteiger charge is 2.97. The molecule has 7 heterocycles. The quantitative estimate of drug-likeness (QED) is 0.0440. The molecule has 15 rings (SSSR count). The number of hydrogen-bond donors (Lipinski definition) is 3. The molecule has 0 aromatic heterocycles. The number of carbonyl (C=O) groups excluding carboxylic acids is 7. The number of aliphatic hydroxyl groups excluding tert-OH is 1. The topological polar surface area (TPSA) is 359 Å².